The number of nitrogens with two attached hydrogens (primary N) is 2. The molecule has 0 saturated heterocycles. The van der Waals surface area contributed by atoms with E-state index in [-0.39, 0.29) is 28.6 Å². The van der Waals surface area contributed by atoms with Crippen LogP contribution in [0.25, 0.3) is 11.3 Å². The summed E-state index contributed by atoms with van der Waals surface area (Å²) in [7, 11) is 0. The van der Waals surface area contributed by atoms with Crippen LogP contribution in [-0.2, 0) is 6.18 Å². The molecule has 0 atom stereocenters. The fourth-order valence-corrected chi connectivity index (χ4v) is 2.12. The fraction of sp³-hybridized carbons (Fsp3) is 0.0833. The summed E-state index contributed by atoms with van der Waals surface area (Å²) in [6.45, 7) is 0. The molecule has 0 radical (unpaired) electrons. The molecular formula is C12H7BrF3N5. The third-order valence-corrected chi connectivity index (χ3v) is 3.10. The van der Waals surface area contributed by atoms with E-state index in [2.05, 4.69) is 25.9 Å². The van der Waals surface area contributed by atoms with Crippen LogP contribution in [0.15, 0.2) is 22.7 Å². The lowest BCUT2D eigenvalue weighted by molar-refractivity contribution is -0.137. The second-order valence-electron chi connectivity index (χ2n) is 3.99. The van der Waals surface area contributed by atoms with Crippen LogP contribution in [0.3, 0.4) is 0 Å². The maximum Gasteiger partial charge on any atom is 0.417 e. The number of benzene rings is 1. The first-order valence-electron chi connectivity index (χ1n) is 5.44. The molecule has 0 bridgehead atoms. The van der Waals surface area contributed by atoms with Gasteiger partial charge in [0, 0.05) is 10.0 Å². The van der Waals surface area contributed by atoms with Gasteiger partial charge in [0.25, 0.3) is 0 Å². The molecule has 4 N–H and O–H groups in total. The Morgan fingerprint density at radius 3 is 2.43 bits per heavy atom. The van der Waals surface area contributed by atoms with E-state index in [0.29, 0.717) is 4.47 Å². The molecule has 1 aromatic carbocycles. The second-order valence-corrected chi connectivity index (χ2v) is 4.91. The molecule has 0 aliphatic carbocycles. The lowest BCUT2D eigenvalue weighted by Crippen LogP contribution is -2.10. The van der Waals surface area contributed by atoms with Gasteiger partial charge in [-0.2, -0.15) is 23.4 Å². The van der Waals surface area contributed by atoms with Crippen molar-refractivity contribution in [2.75, 3.05) is 11.5 Å². The Hall–Kier alpha value is -2.34. The zero-order valence-electron chi connectivity index (χ0n) is 10.2. The van der Waals surface area contributed by atoms with Crippen LogP contribution >= 0.6 is 15.9 Å². The smallest absolute Gasteiger partial charge is 0.382 e. The molecule has 5 nitrogen and oxygen atoms in total. The average molecular weight is 358 g/mol. The number of nitrogen functional groups attached to an aromatic ring is 2. The molecule has 0 fully saturated rings. The van der Waals surface area contributed by atoms with Crippen LogP contribution in [0.2, 0.25) is 0 Å². The number of hydrogen-bond donors (Lipinski definition) is 2. The lowest BCUT2D eigenvalue weighted by Gasteiger charge is -2.14. The maximum absolute atomic E-state index is 13.1. The number of hydrogen-bond acceptors (Lipinski definition) is 5. The first-order chi connectivity index (χ1) is 9.74. The first-order valence-corrected chi connectivity index (χ1v) is 6.23. The van der Waals surface area contributed by atoms with Crippen LogP contribution in [0.1, 0.15) is 11.1 Å². The standard InChI is InChI=1S/C12H7BrF3N5/c13-5-1-2-8(12(14,15)16)6(3-5)9-7(4-17)10(18)21-11(19)20-9/h1-3H,(H4,18,19,20,21). The summed E-state index contributed by atoms with van der Waals surface area (Å²) in [5, 5.41) is 9.07. The van der Waals surface area contributed by atoms with E-state index in [1.165, 1.54) is 12.1 Å². The molecule has 0 aliphatic heterocycles. The third-order valence-electron chi connectivity index (χ3n) is 2.61. The molecule has 9 heteroatoms. The summed E-state index contributed by atoms with van der Waals surface area (Å²) >= 11 is 3.09. The number of rotatable bonds is 1. The Bertz CT molecular complexity index is 752. The number of halogens is 4. The predicted octanol–water partition coefficient (Wildman–Crippen LogP) is 2.96. The number of alkyl halides is 3. The summed E-state index contributed by atoms with van der Waals surface area (Å²) in [6, 6.07) is 5.03. The van der Waals surface area contributed by atoms with Crippen molar-refractivity contribution >= 4 is 27.7 Å². The molecule has 0 aliphatic rings. The van der Waals surface area contributed by atoms with E-state index >= 15 is 0 Å². The SMILES string of the molecule is N#Cc1c(N)nc(N)nc1-c1cc(Br)ccc1C(F)(F)F. The molecule has 21 heavy (non-hydrogen) atoms. The van der Waals surface area contributed by atoms with Gasteiger partial charge >= 0.3 is 6.18 Å². The van der Waals surface area contributed by atoms with E-state index in [4.69, 9.17) is 16.7 Å². The van der Waals surface area contributed by atoms with E-state index in [9.17, 15) is 13.2 Å². The van der Waals surface area contributed by atoms with Gasteiger partial charge in [0.15, 0.2) is 0 Å². The quantitative estimate of drug-likeness (QED) is 0.816. The largest absolute Gasteiger partial charge is 0.417 e. The minimum Gasteiger partial charge on any atom is -0.382 e. The van der Waals surface area contributed by atoms with Crippen molar-refractivity contribution < 1.29 is 13.2 Å². The Kier molecular flexibility index (Phi) is 3.74. The average Bonchev–Trinajstić information content (AvgIpc) is 2.36. The maximum atomic E-state index is 13.1. The molecule has 0 unspecified atom stereocenters. The van der Waals surface area contributed by atoms with Gasteiger partial charge in [-0.25, -0.2) is 4.98 Å². The van der Waals surface area contributed by atoms with Gasteiger partial charge in [-0.15, -0.1) is 0 Å². The van der Waals surface area contributed by atoms with E-state index in [0.717, 1.165) is 6.07 Å². The normalized spacial score (nSPS) is 11.2. The van der Waals surface area contributed by atoms with Crippen molar-refractivity contribution in [3.63, 3.8) is 0 Å². The van der Waals surface area contributed by atoms with Crippen molar-refractivity contribution in [1.29, 1.82) is 5.26 Å². The van der Waals surface area contributed by atoms with E-state index in [1.807, 2.05) is 0 Å². The number of nitrogens with zero attached hydrogens (tertiary/aromatic N) is 3. The van der Waals surface area contributed by atoms with Gasteiger partial charge in [-0.3, -0.25) is 0 Å². The highest BCUT2D eigenvalue weighted by Crippen LogP contribution is 2.39. The monoisotopic (exact) mass is 357 g/mol. The predicted molar refractivity (Wildman–Crippen MR) is 73.7 cm³/mol. The Balaban J connectivity index is 2.85. The van der Waals surface area contributed by atoms with Crippen molar-refractivity contribution in [3.05, 3.63) is 33.8 Å². The summed E-state index contributed by atoms with van der Waals surface area (Å²) in [6.07, 6.45) is -4.61. The van der Waals surface area contributed by atoms with Crippen LogP contribution in [0, 0.1) is 11.3 Å². The van der Waals surface area contributed by atoms with E-state index in [1.54, 1.807) is 6.07 Å². The molecule has 0 amide bonds. The lowest BCUT2D eigenvalue weighted by atomic mass is 10.0. The fourth-order valence-electron chi connectivity index (χ4n) is 1.76. The van der Waals surface area contributed by atoms with Gasteiger partial charge in [-0.05, 0) is 18.2 Å². The number of nitriles is 1. The Labute approximate surface area is 125 Å². The van der Waals surface area contributed by atoms with Crippen molar-refractivity contribution in [3.8, 4) is 17.3 Å². The summed E-state index contributed by atoms with van der Waals surface area (Å²) in [4.78, 5) is 7.31. The highest BCUT2D eigenvalue weighted by atomic mass is 79.9. The zero-order chi connectivity index (χ0) is 15.8. The van der Waals surface area contributed by atoms with Gasteiger partial charge in [-0.1, -0.05) is 15.9 Å². The zero-order valence-corrected chi connectivity index (χ0v) is 11.8. The molecule has 2 aromatic rings. The van der Waals surface area contributed by atoms with Crippen molar-refractivity contribution in [1.82, 2.24) is 9.97 Å². The molecule has 1 heterocycles. The Morgan fingerprint density at radius 1 is 1.19 bits per heavy atom. The molecule has 0 spiro atoms. The van der Waals surface area contributed by atoms with Crippen LogP contribution in [-0.4, -0.2) is 9.97 Å². The topological polar surface area (TPSA) is 102 Å². The van der Waals surface area contributed by atoms with E-state index < -0.39 is 11.7 Å². The van der Waals surface area contributed by atoms with Gasteiger partial charge < -0.3 is 11.5 Å². The minimum absolute atomic E-state index is 0.254. The second kappa shape index (κ2) is 5.21. The molecule has 0 saturated carbocycles. The minimum atomic E-state index is -4.61. The molecule has 2 rings (SSSR count). The van der Waals surface area contributed by atoms with Crippen LogP contribution < -0.4 is 11.5 Å². The summed E-state index contributed by atoms with van der Waals surface area (Å²) in [5.41, 5.74) is 9.18. The van der Waals surface area contributed by atoms with Crippen molar-refractivity contribution in [2.24, 2.45) is 0 Å². The number of anilines is 2. The number of aromatic nitrogens is 2. The van der Waals surface area contributed by atoms with Crippen LogP contribution in [0.4, 0.5) is 24.9 Å². The van der Waals surface area contributed by atoms with Crippen LogP contribution in [0.5, 0.6) is 0 Å². The summed E-state index contributed by atoms with van der Waals surface area (Å²) < 4.78 is 39.7. The Morgan fingerprint density at radius 2 is 1.86 bits per heavy atom. The summed E-state index contributed by atoms with van der Waals surface area (Å²) in [5.74, 6) is -0.581. The van der Waals surface area contributed by atoms with Gasteiger partial charge in [0.1, 0.15) is 17.5 Å². The molecule has 1 aromatic heterocycles. The highest BCUT2D eigenvalue weighted by molar-refractivity contribution is 9.10. The van der Waals surface area contributed by atoms with Gasteiger partial charge in [0.2, 0.25) is 5.95 Å². The third kappa shape index (κ3) is 2.90. The molecule has 108 valence electrons. The molecular weight excluding hydrogens is 351 g/mol. The first kappa shape index (κ1) is 15.1. The van der Waals surface area contributed by atoms with Crippen molar-refractivity contribution in [2.45, 2.75) is 6.18 Å². The highest BCUT2D eigenvalue weighted by Gasteiger charge is 2.35. The van der Waals surface area contributed by atoms with Gasteiger partial charge in [0.05, 0.1) is 11.3 Å².